The van der Waals surface area contributed by atoms with E-state index in [0.717, 1.165) is 5.56 Å². The standard InChI is InChI=1S/C29H26N2O5/c1-17-13-19(32)15-20(14-17)35-12-11-29-10-9-28(2,36-29)24-25(29)27(34)31(26(24)33)23-8-7-18(16-30)21-5-3-4-6-22(21)23/h3-8,13-15,24-25,32H,9-12H2,1-2H3/t24-,25+,28-,29-/m0/s1. The molecule has 3 aliphatic heterocycles. The lowest BCUT2D eigenvalue weighted by atomic mass is 9.67. The molecule has 0 unspecified atom stereocenters. The Hall–Kier alpha value is -3.89. The van der Waals surface area contributed by atoms with E-state index < -0.39 is 23.0 Å². The summed E-state index contributed by atoms with van der Waals surface area (Å²) in [4.78, 5) is 29.1. The average molecular weight is 483 g/mol. The molecule has 3 heterocycles. The summed E-state index contributed by atoms with van der Waals surface area (Å²) in [6.07, 6.45) is 1.83. The number of phenolic OH excluding ortho intramolecular Hbond substituents is 1. The fraction of sp³-hybridized carbons (Fsp3) is 0.345. The van der Waals surface area contributed by atoms with Crippen molar-refractivity contribution in [2.75, 3.05) is 11.5 Å². The minimum Gasteiger partial charge on any atom is -0.508 e. The number of carbonyl (C=O) groups is 2. The molecule has 3 fully saturated rings. The van der Waals surface area contributed by atoms with E-state index in [4.69, 9.17) is 9.47 Å². The van der Waals surface area contributed by atoms with Crippen molar-refractivity contribution in [3.05, 3.63) is 65.7 Å². The lowest BCUT2D eigenvalue weighted by Gasteiger charge is -2.31. The lowest BCUT2D eigenvalue weighted by molar-refractivity contribution is -0.131. The number of nitrogens with zero attached hydrogens (tertiary/aromatic N) is 2. The molecule has 7 heteroatoms. The summed E-state index contributed by atoms with van der Waals surface area (Å²) in [6, 6.07) is 18.0. The second-order valence-electron chi connectivity index (χ2n) is 10.3. The predicted octanol–water partition coefficient (Wildman–Crippen LogP) is 4.62. The summed E-state index contributed by atoms with van der Waals surface area (Å²) in [5, 5.41) is 20.8. The van der Waals surface area contributed by atoms with Crippen molar-refractivity contribution in [2.45, 2.75) is 44.3 Å². The highest BCUT2D eigenvalue weighted by Crippen LogP contribution is 2.62. The number of rotatable bonds is 5. The quantitative estimate of drug-likeness (QED) is 0.533. The Morgan fingerprint density at radius 3 is 2.58 bits per heavy atom. The van der Waals surface area contributed by atoms with E-state index in [0.29, 0.717) is 53.6 Å². The maximum absolute atomic E-state index is 13.9. The number of imide groups is 1. The van der Waals surface area contributed by atoms with E-state index in [2.05, 4.69) is 6.07 Å². The molecule has 7 nitrogen and oxygen atoms in total. The van der Waals surface area contributed by atoms with Gasteiger partial charge in [-0.05, 0) is 56.5 Å². The maximum Gasteiger partial charge on any atom is 0.240 e. The SMILES string of the molecule is Cc1cc(O)cc(OCC[C@]23CC[C@](C)(O2)[C@@H]2C(=O)N(c4ccc(C#N)c5ccccc45)C(=O)[C@@H]23)c1. The third-order valence-corrected chi connectivity index (χ3v) is 8.10. The van der Waals surface area contributed by atoms with Crippen LogP contribution in [0.3, 0.4) is 0 Å². The molecular weight excluding hydrogens is 456 g/mol. The molecule has 1 N–H and O–H groups in total. The molecule has 2 amide bonds. The minimum absolute atomic E-state index is 0.135. The number of phenols is 1. The van der Waals surface area contributed by atoms with E-state index in [1.165, 1.54) is 4.90 Å². The van der Waals surface area contributed by atoms with Crippen LogP contribution in [0.25, 0.3) is 10.8 Å². The summed E-state index contributed by atoms with van der Waals surface area (Å²) in [7, 11) is 0. The number of fused-ring (bicyclic) bond motifs is 6. The van der Waals surface area contributed by atoms with Crippen molar-refractivity contribution in [2.24, 2.45) is 11.8 Å². The topological polar surface area (TPSA) is 99.9 Å². The molecule has 3 aliphatic rings. The molecule has 0 radical (unpaired) electrons. The monoisotopic (exact) mass is 482 g/mol. The Morgan fingerprint density at radius 1 is 1.08 bits per heavy atom. The number of benzene rings is 3. The van der Waals surface area contributed by atoms with Crippen molar-refractivity contribution in [1.29, 1.82) is 5.26 Å². The van der Waals surface area contributed by atoms with Gasteiger partial charge in [-0.25, -0.2) is 4.90 Å². The smallest absolute Gasteiger partial charge is 0.240 e. The average Bonchev–Trinajstić information content (AvgIpc) is 3.42. The summed E-state index contributed by atoms with van der Waals surface area (Å²) >= 11 is 0. The van der Waals surface area contributed by atoms with Crippen molar-refractivity contribution in [3.8, 4) is 17.6 Å². The predicted molar refractivity (Wildman–Crippen MR) is 133 cm³/mol. The van der Waals surface area contributed by atoms with Gasteiger partial charge in [-0.1, -0.05) is 24.3 Å². The first kappa shape index (κ1) is 22.6. The van der Waals surface area contributed by atoms with Gasteiger partial charge in [0, 0.05) is 23.3 Å². The van der Waals surface area contributed by atoms with E-state index in [-0.39, 0.29) is 17.6 Å². The Bertz CT molecular complexity index is 1460. The molecule has 182 valence electrons. The number of aromatic hydroxyl groups is 1. The van der Waals surface area contributed by atoms with Gasteiger partial charge in [0.25, 0.3) is 0 Å². The number of hydrogen-bond donors (Lipinski definition) is 1. The van der Waals surface area contributed by atoms with Gasteiger partial charge in [-0.15, -0.1) is 0 Å². The van der Waals surface area contributed by atoms with E-state index in [1.54, 1.807) is 24.3 Å². The van der Waals surface area contributed by atoms with Gasteiger partial charge in [0.2, 0.25) is 11.8 Å². The van der Waals surface area contributed by atoms with Gasteiger partial charge in [0.15, 0.2) is 0 Å². The Balaban J connectivity index is 1.33. The van der Waals surface area contributed by atoms with Gasteiger partial charge >= 0.3 is 0 Å². The zero-order chi connectivity index (χ0) is 25.2. The minimum atomic E-state index is -0.783. The molecule has 3 saturated heterocycles. The first-order chi connectivity index (χ1) is 17.3. The second-order valence-corrected chi connectivity index (χ2v) is 10.3. The van der Waals surface area contributed by atoms with Crippen LogP contribution >= 0.6 is 0 Å². The van der Waals surface area contributed by atoms with Crippen LogP contribution in [0.2, 0.25) is 0 Å². The number of anilines is 1. The molecule has 4 atom stereocenters. The molecular formula is C29H26N2O5. The largest absolute Gasteiger partial charge is 0.508 e. The lowest BCUT2D eigenvalue weighted by Crippen LogP contribution is -2.43. The van der Waals surface area contributed by atoms with Crippen LogP contribution in [-0.2, 0) is 14.3 Å². The van der Waals surface area contributed by atoms with Crippen molar-refractivity contribution in [1.82, 2.24) is 0 Å². The molecule has 0 saturated carbocycles. The highest BCUT2D eigenvalue weighted by Gasteiger charge is 2.73. The fourth-order valence-corrected chi connectivity index (χ4v) is 6.58. The zero-order valence-corrected chi connectivity index (χ0v) is 20.2. The van der Waals surface area contributed by atoms with Crippen molar-refractivity contribution in [3.63, 3.8) is 0 Å². The highest BCUT2D eigenvalue weighted by atomic mass is 16.5. The molecule has 0 aromatic heterocycles. The molecule has 6 rings (SSSR count). The molecule has 0 aliphatic carbocycles. The van der Waals surface area contributed by atoms with Gasteiger partial charge in [0.1, 0.15) is 11.5 Å². The van der Waals surface area contributed by atoms with Gasteiger partial charge in [0.05, 0.1) is 47.0 Å². The number of carbonyl (C=O) groups excluding carboxylic acids is 2. The first-order valence-electron chi connectivity index (χ1n) is 12.2. The van der Waals surface area contributed by atoms with Crippen LogP contribution in [0.1, 0.15) is 37.3 Å². The maximum atomic E-state index is 13.9. The van der Waals surface area contributed by atoms with E-state index in [9.17, 15) is 20.0 Å². The molecule has 3 aromatic carbocycles. The van der Waals surface area contributed by atoms with Crippen molar-refractivity contribution < 1.29 is 24.2 Å². The van der Waals surface area contributed by atoms with E-state index in [1.807, 2.05) is 44.2 Å². The van der Waals surface area contributed by atoms with Crippen LogP contribution in [0.5, 0.6) is 11.5 Å². The third kappa shape index (κ3) is 3.14. The Kier molecular flexibility index (Phi) is 4.89. The number of nitriles is 1. The zero-order valence-electron chi connectivity index (χ0n) is 20.2. The van der Waals surface area contributed by atoms with Crippen LogP contribution in [0.4, 0.5) is 5.69 Å². The highest BCUT2D eigenvalue weighted by molar-refractivity contribution is 6.26. The summed E-state index contributed by atoms with van der Waals surface area (Å²) in [5.74, 6) is -0.955. The normalized spacial score (nSPS) is 28.5. The van der Waals surface area contributed by atoms with Crippen LogP contribution in [-0.4, -0.2) is 34.7 Å². The van der Waals surface area contributed by atoms with Crippen LogP contribution < -0.4 is 9.64 Å². The van der Waals surface area contributed by atoms with Gasteiger partial charge in [-0.3, -0.25) is 9.59 Å². The molecule has 36 heavy (non-hydrogen) atoms. The van der Waals surface area contributed by atoms with Crippen LogP contribution in [0.15, 0.2) is 54.6 Å². The van der Waals surface area contributed by atoms with E-state index >= 15 is 0 Å². The third-order valence-electron chi connectivity index (χ3n) is 8.10. The summed E-state index contributed by atoms with van der Waals surface area (Å²) in [5.41, 5.74) is 0.403. The van der Waals surface area contributed by atoms with Gasteiger partial charge < -0.3 is 14.6 Å². The second kappa shape index (κ2) is 7.81. The molecule has 3 aromatic rings. The number of amides is 2. The number of hydrogen-bond acceptors (Lipinski definition) is 6. The Labute approximate surface area is 208 Å². The number of ether oxygens (including phenoxy) is 2. The summed E-state index contributed by atoms with van der Waals surface area (Å²) < 4.78 is 12.4. The van der Waals surface area contributed by atoms with Crippen molar-refractivity contribution >= 4 is 28.3 Å². The number of aryl methyl sites for hydroxylation is 1. The Morgan fingerprint density at radius 2 is 1.83 bits per heavy atom. The fourth-order valence-electron chi connectivity index (χ4n) is 6.58. The van der Waals surface area contributed by atoms with Crippen LogP contribution in [0, 0.1) is 30.1 Å². The van der Waals surface area contributed by atoms with Gasteiger partial charge in [-0.2, -0.15) is 5.26 Å². The first-order valence-corrected chi connectivity index (χ1v) is 12.2. The molecule has 0 spiro atoms. The molecule has 2 bridgehead atoms. The summed E-state index contributed by atoms with van der Waals surface area (Å²) in [6.45, 7) is 4.11.